The zero-order valence-corrected chi connectivity index (χ0v) is 13.2. The summed E-state index contributed by atoms with van der Waals surface area (Å²) in [5.41, 5.74) is 1.64. The van der Waals surface area contributed by atoms with E-state index in [2.05, 4.69) is 19.2 Å². The van der Waals surface area contributed by atoms with Gasteiger partial charge >= 0.3 is 0 Å². The molecule has 4 heteroatoms. The summed E-state index contributed by atoms with van der Waals surface area (Å²) in [5.74, 6) is 0.998. The van der Waals surface area contributed by atoms with Gasteiger partial charge in [0.1, 0.15) is 12.4 Å². The van der Waals surface area contributed by atoms with E-state index in [1.165, 1.54) is 6.07 Å². The zero-order valence-electron chi connectivity index (χ0n) is 13.2. The average molecular weight is 303 g/mol. The number of halogens is 1. The third-order valence-corrected chi connectivity index (χ3v) is 3.28. The van der Waals surface area contributed by atoms with Crippen LogP contribution in [0.1, 0.15) is 25.0 Å². The fourth-order valence-electron chi connectivity index (χ4n) is 2.03. The van der Waals surface area contributed by atoms with E-state index in [1.807, 2.05) is 18.2 Å². The number of methoxy groups -OCH3 is 1. The summed E-state index contributed by atoms with van der Waals surface area (Å²) in [4.78, 5) is 0. The second-order valence-electron chi connectivity index (χ2n) is 5.40. The monoisotopic (exact) mass is 303 g/mol. The molecule has 0 saturated heterocycles. The van der Waals surface area contributed by atoms with Crippen LogP contribution in [0.2, 0.25) is 0 Å². The molecule has 0 bridgehead atoms. The number of ether oxygens (including phenoxy) is 2. The summed E-state index contributed by atoms with van der Waals surface area (Å²) >= 11 is 0. The Labute approximate surface area is 131 Å². The van der Waals surface area contributed by atoms with Crippen molar-refractivity contribution < 1.29 is 13.9 Å². The zero-order chi connectivity index (χ0) is 15.9. The van der Waals surface area contributed by atoms with Crippen molar-refractivity contribution in [2.24, 2.45) is 0 Å². The van der Waals surface area contributed by atoms with Crippen LogP contribution in [-0.2, 0) is 13.2 Å². The quantitative estimate of drug-likeness (QED) is 0.841. The van der Waals surface area contributed by atoms with Gasteiger partial charge in [0.2, 0.25) is 0 Å². The van der Waals surface area contributed by atoms with Crippen molar-refractivity contribution >= 4 is 0 Å². The Morgan fingerprint density at radius 1 is 1.09 bits per heavy atom. The predicted molar refractivity (Wildman–Crippen MR) is 85.7 cm³/mol. The Morgan fingerprint density at radius 3 is 2.55 bits per heavy atom. The van der Waals surface area contributed by atoms with Gasteiger partial charge in [-0.3, -0.25) is 0 Å². The summed E-state index contributed by atoms with van der Waals surface area (Å²) in [7, 11) is 1.60. The second kappa shape index (κ2) is 7.80. The molecule has 0 unspecified atom stereocenters. The number of hydrogen-bond donors (Lipinski definition) is 1. The first kappa shape index (κ1) is 16.3. The molecule has 0 aliphatic rings. The molecule has 3 nitrogen and oxygen atoms in total. The molecule has 1 N–H and O–H groups in total. The number of rotatable bonds is 7. The molecule has 2 aromatic rings. The van der Waals surface area contributed by atoms with Gasteiger partial charge in [0.05, 0.1) is 7.11 Å². The molecule has 0 saturated carbocycles. The van der Waals surface area contributed by atoms with Crippen LogP contribution in [0.15, 0.2) is 42.5 Å². The van der Waals surface area contributed by atoms with Crippen LogP contribution in [0, 0.1) is 5.82 Å². The van der Waals surface area contributed by atoms with Gasteiger partial charge in [0, 0.05) is 18.2 Å². The van der Waals surface area contributed by atoms with Crippen molar-refractivity contribution in [2.45, 2.75) is 33.0 Å². The normalized spacial score (nSPS) is 10.8. The average Bonchev–Trinajstić information content (AvgIpc) is 2.52. The maximum absolute atomic E-state index is 13.6. The Morgan fingerprint density at radius 2 is 1.86 bits per heavy atom. The van der Waals surface area contributed by atoms with Crippen molar-refractivity contribution in [1.82, 2.24) is 5.32 Å². The van der Waals surface area contributed by atoms with E-state index in [0.717, 1.165) is 12.1 Å². The third kappa shape index (κ3) is 4.46. The molecule has 22 heavy (non-hydrogen) atoms. The summed E-state index contributed by atoms with van der Waals surface area (Å²) < 4.78 is 24.7. The molecular formula is C18H22FNO2. The minimum Gasteiger partial charge on any atom is -0.493 e. The Balaban J connectivity index is 2.06. The predicted octanol–water partition coefficient (Wildman–Crippen LogP) is 3.91. The van der Waals surface area contributed by atoms with E-state index >= 15 is 0 Å². The van der Waals surface area contributed by atoms with Crippen molar-refractivity contribution in [3.05, 3.63) is 59.4 Å². The lowest BCUT2D eigenvalue weighted by Gasteiger charge is -2.14. The van der Waals surface area contributed by atoms with Crippen molar-refractivity contribution in [3.8, 4) is 11.5 Å². The van der Waals surface area contributed by atoms with Gasteiger partial charge in [-0.25, -0.2) is 4.39 Å². The topological polar surface area (TPSA) is 30.5 Å². The molecule has 0 radical (unpaired) electrons. The van der Waals surface area contributed by atoms with Crippen LogP contribution in [0.5, 0.6) is 11.5 Å². The van der Waals surface area contributed by atoms with E-state index in [0.29, 0.717) is 23.1 Å². The minimum atomic E-state index is -0.265. The van der Waals surface area contributed by atoms with Crippen LogP contribution in [0.4, 0.5) is 4.39 Å². The summed E-state index contributed by atoms with van der Waals surface area (Å²) in [6, 6.07) is 12.8. The molecule has 2 rings (SSSR count). The molecule has 0 aromatic heterocycles. The molecule has 0 aliphatic carbocycles. The summed E-state index contributed by atoms with van der Waals surface area (Å²) in [6.45, 7) is 5.14. The highest BCUT2D eigenvalue weighted by atomic mass is 19.1. The first-order valence-corrected chi connectivity index (χ1v) is 7.36. The van der Waals surface area contributed by atoms with E-state index in [-0.39, 0.29) is 12.4 Å². The Kier molecular flexibility index (Phi) is 5.78. The molecule has 2 aromatic carbocycles. The standard InChI is InChI=1S/C18H22FNO2/c1-13(2)20-11-14-8-9-17(18(10-14)21-3)22-12-15-6-4-5-7-16(15)19/h4-10,13,20H,11-12H2,1-3H3. The van der Waals surface area contributed by atoms with E-state index in [1.54, 1.807) is 25.3 Å². The lowest BCUT2D eigenvalue weighted by molar-refractivity contribution is 0.279. The van der Waals surface area contributed by atoms with Crippen molar-refractivity contribution in [2.75, 3.05) is 7.11 Å². The SMILES string of the molecule is COc1cc(CNC(C)C)ccc1OCc1ccccc1F. The van der Waals surface area contributed by atoms with Gasteiger partial charge in [-0.2, -0.15) is 0 Å². The fourth-order valence-corrected chi connectivity index (χ4v) is 2.03. The highest BCUT2D eigenvalue weighted by Crippen LogP contribution is 2.29. The summed E-state index contributed by atoms with van der Waals surface area (Å²) in [6.07, 6.45) is 0. The van der Waals surface area contributed by atoms with Crippen LogP contribution in [0.25, 0.3) is 0 Å². The highest BCUT2D eigenvalue weighted by Gasteiger charge is 2.08. The lowest BCUT2D eigenvalue weighted by Crippen LogP contribution is -2.21. The minimum absolute atomic E-state index is 0.173. The van der Waals surface area contributed by atoms with E-state index in [9.17, 15) is 4.39 Å². The van der Waals surface area contributed by atoms with E-state index < -0.39 is 0 Å². The van der Waals surface area contributed by atoms with Gasteiger partial charge in [-0.15, -0.1) is 0 Å². The van der Waals surface area contributed by atoms with Gasteiger partial charge in [-0.1, -0.05) is 38.1 Å². The third-order valence-electron chi connectivity index (χ3n) is 3.28. The van der Waals surface area contributed by atoms with Crippen molar-refractivity contribution in [1.29, 1.82) is 0 Å². The van der Waals surface area contributed by atoms with E-state index in [4.69, 9.17) is 9.47 Å². The van der Waals surface area contributed by atoms with Crippen LogP contribution >= 0.6 is 0 Å². The van der Waals surface area contributed by atoms with Gasteiger partial charge in [0.15, 0.2) is 11.5 Å². The Bertz CT molecular complexity index is 614. The molecule has 0 heterocycles. The first-order chi connectivity index (χ1) is 10.6. The van der Waals surface area contributed by atoms with Crippen molar-refractivity contribution in [3.63, 3.8) is 0 Å². The maximum atomic E-state index is 13.6. The summed E-state index contributed by atoms with van der Waals surface area (Å²) in [5, 5.41) is 3.35. The van der Waals surface area contributed by atoms with Gasteiger partial charge < -0.3 is 14.8 Å². The molecule has 118 valence electrons. The smallest absolute Gasteiger partial charge is 0.161 e. The van der Waals surface area contributed by atoms with Gasteiger partial charge in [0.25, 0.3) is 0 Å². The van der Waals surface area contributed by atoms with Crippen LogP contribution in [-0.4, -0.2) is 13.2 Å². The molecular weight excluding hydrogens is 281 g/mol. The number of benzene rings is 2. The molecule has 0 amide bonds. The highest BCUT2D eigenvalue weighted by molar-refractivity contribution is 5.43. The number of nitrogens with one attached hydrogen (secondary N) is 1. The van der Waals surface area contributed by atoms with Crippen LogP contribution < -0.4 is 14.8 Å². The lowest BCUT2D eigenvalue weighted by atomic mass is 10.2. The second-order valence-corrected chi connectivity index (χ2v) is 5.40. The van der Waals surface area contributed by atoms with Gasteiger partial charge in [-0.05, 0) is 23.8 Å². The number of hydrogen-bond acceptors (Lipinski definition) is 3. The van der Waals surface area contributed by atoms with Crippen LogP contribution in [0.3, 0.4) is 0 Å². The Hall–Kier alpha value is -2.07. The molecule has 0 atom stereocenters. The maximum Gasteiger partial charge on any atom is 0.161 e. The molecule has 0 fully saturated rings. The molecule has 0 spiro atoms. The fraction of sp³-hybridized carbons (Fsp3) is 0.333. The first-order valence-electron chi connectivity index (χ1n) is 7.36. The largest absolute Gasteiger partial charge is 0.493 e. The molecule has 0 aliphatic heterocycles.